The maximum atomic E-state index is 13.0. The van der Waals surface area contributed by atoms with Crippen LogP contribution in [0.1, 0.15) is 43.2 Å². The Hall–Kier alpha value is -3.35. The van der Waals surface area contributed by atoms with E-state index in [1.54, 1.807) is 36.4 Å². The maximum Gasteiger partial charge on any atom is 0.329 e. The van der Waals surface area contributed by atoms with Crippen LogP contribution in [0.5, 0.6) is 11.5 Å². The number of halogens is 1. The predicted molar refractivity (Wildman–Crippen MR) is 114 cm³/mol. The quantitative estimate of drug-likeness (QED) is 0.613. The molecule has 3 rings (SSSR count). The van der Waals surface area contributed by atoms with Gasteiger partial charge in [-0.1, -0.05) is 37.5 Å². The van der Waals surface area contributed by atoms with Gasteiger partial charge in [0.15, 0.2) is 11.5 Å². The highest BCUT2D eigenvalue weighted by Gasteiger charge is 2.40. The normalized spacial score (nSPS) is 15.4. The highest BCUT2D eigenvalue weighted by molar-refractivity contribution is 5.95. The molecule has 0 atom stereocenters. The summed E-state index contributed by atoms with van der Waals surface area (Å²) in [7, 11) is 1.51. The van der Waals surface area contributed by atoms with E-state index < -0.39 is 17.4 Å². The highest BCUT2D eigenvalue weighted by Crippen LogP contribution is 2.30. The van der Waals surface area contributed by atoms with Gasteiger partial charge in [-0.15, -0.1) is 0 Å². The number of carboxylic acids is 1. The van der Waals surface area contributed by atoms with E-state index >= 15 is 0 Å². The molecule has 0 aromatic heterocycles. The summed E-state index contributed by atoms with van der Waals surface area (Å²) in [5.74, 6) is -0.739. The molecule has 1 fully saturated rings. The van der Waals surface area contributed by atoms with Gasteiger partial charge in [0.25, 0.3) is 0 Å². The van der Waals surface area contributed by atoms with E-state index in [-0.39, 0.29) is 12.4 Å². The first-order valence-electron chi connectivity index (χ1n) is 10.2. The molecule has 31 heavy (non-hydrogen) atoms. The van der Waals surface area contributed by atoms with Gasteiger partial charge in [0.2, 0.25) is 5.91 Å². The fourth-order valence-corrected chi connectivity index (χ4v) is 3.65. The van der Waals surface area contributed by atoms with Gasteiger partial charge < -0.3 is 19.9 Å². The third-order valence-electron chi connectivity index (χ3n) is 5.40. The van der Waals surface area contributed by atoms with Crippen molar-refractivity contribution in [3.05, 3.63) is 65.5 Å². The van der Waals surface area contributed by atoms with Crippen molar-refractivity contribution in [1.82, 2.24) is 5.32 Å². The molecule has 0 unspecified atom stereocenters. The maximum absolute atomic E-state index is 13.0. The van der Waals surface area contributed by atoms with Crippen LogP contribution in [0, 0.1) is 5.82 Å². The van der Waals surface area contributed by atoms with Crippen molar-refractivity contribution in [2.75, 3.05) is 7.11 Å². The molecule has 1 aliphatic rings. The third-order valence-corrected chi connectivity index (χ3v) is 5.40. The average molecular weight is 427 g/mol. The number of hydrogen-bond acceptors (Lipinski definition) is 4. The van der Waals surface area contributed by atoms with Crippen molar-refractivity contribution in [2.45, 2.75) is 44.2 Å². The lowest BCUT2D eigenvalue weighted by atomic mass is 9.81. The van der Waals surface area contributed by atoms with Gasteiger partial charge in [-0.05, 0) is 54.3 Å². The Morgan fingerprint density at radius 3 is 2.45 bits per heavy atom. The fourth-order valence-electron chi connectivity index (χ4n) is 3.65. The van der Waals surface area contributed by atoms with Crippen molar-refractivity contribution in [3.63, 3.8) is 0 Å². The Kier molecular flexibility index (Phi) is 7.28. The van der Waals surface area contributed by atoms with E-state index in [2.05, 4.69) is 5.32 Å². The molecule has 2 aromatic rings. The molecule has 164 valence electrons. The lowest BCUT2D eigenvalue weighted by Crippen LogP contribution is -2.55. The minimum Gasteiger partial charge on any atom is -0.493 e. The van der Waals surface area contributed by atoms with E-state index in [4.69, 9.17) is 9.47 Å². The molecular weight excluding hydrogens is 401 g/mol. The molecule has 2 N–H and O–H groups in total. The fraction of sp³-hybridized carbons (Fsp3) is 0.333. The van der Waals surface area contributed by atoms with E-state index in [0.29, 0.717) is 29.9 Å². The number of carbonyl (C=O) groups is 2. The van der Waals surface area contributed by atoms with Crippen LogP contribution in [0.2, 0.25) is 0 Å². The molecule has 7 heteroatoms. The third kappa shape index (κ3) is 5.84. The summed E-state index contributed by atoms with van der Waals surface area (Å²) in [6.45, 7) is 0.255. The second kappa shape index (κ2) is 10.1. The van der Waals surface area contributed by atoms with E-state index in [0.717, 1.165) is 24.8 Å². The number of benzene rings is 2. The standard InChI is InChI=1S/C24H26FNO5/c1-30-21-15-17(7-11-20(21)31-16-18-5-9-19(25)10-6-18)8-12-22(27)26-24(23(28)29)13-3-2-4-14-24/h5-12,15H,2-4,13-14,16H2,1H3,(H,26,27)(H,28,29)/b12-8+. The van der Waals surface area contributed by atoms with Crippen molar-refractivity contribution >= 4 is 18.0 Å². The summed E-state index contributed by atoms with van der Waals surface area (Å²) in [4.78, 5) is 24.1. The van der Waals surface area contributed by atoms with Gasteiger partial charge in [0, 0.05) is 6.08 Å². The zero-order valence-corrected chi connectivity index (χ0v) is 17.4. The van der Waals surface area contributed by atoms with E-state index in [1.807, 2.05) is 0 Å². The van der Waals surface area contributed by atoms with Crippen LogP contribution in [0.4, 0.5) is 4.39 Å². The van der Waals surface area contributed by atoms with E-state index in [1.165, 1.54) is 25.3 Å². The summed E-state index contributed by atoms with van der Waals surface area (Å²) >= 11 is 0. The van der Waals surface area contributed by atoms with Crippen molar-refractivity contribution < 1.29 is 28.6 Å². The molecule has 1 saturated carbocycles. The number of rotatable bonds is 8. The smallest absolute Gasteiger partial charge is 0.329 e. The molecule has 1 aliphatic carbocycles. The molecule has 6 nitrogen and oxygen atoms in total. The van der Waals surface area contributed by atoms with Crippen LogP contribution in [0.15, 0.2) is 48.5 Å². The lowest BCUT2D eigenvalue weighted by molar-refractivity contribution is -0.148. The molecule has 1 amide bonds. The van der Waals surface area contributed by atoms with Gasteiger partial charge in [-0.2, -0.15) is 0 Å². The summed E-state index contributed by atoms with van der Waals surface area (Å²) < 4.78 is 24.1. The number of aliphatic carboxylic acids is 1. The van der Waals surface area contributed by atoms with Gasteiger partial charge in [-0.25, -0.2) is 9.18 Å². The van der Waals surface area contributed by atoms with Crippen LogP contribution in [-0.4, -0.2) is 29.6 Å². The van der Waals surface area contributed by atoms with Crippen molar-refractivity contribution in [2.24, 2.45) is 0 Å². The van der Waals surface area contributed by atoms with Crippen molar-refractivity contribution in [1.29, 1.82) is 0 Å². The predicted octanol–water partition coefficient (Wildman–Crippen LogP) is 4.33. The number of nitrogens with one attached hydrogen (secondary N) is 1. The molecule has 2 aromatic carbocycles. The molecule has 0 spiro atoms. The Morgan fingerprint density at radius 1 is 1.10 bits per heavy atom. The summed E-state index contributed by atoms with van der Waals surface area (Å²) in [6, 6.07) is 11.2. The lowest BCUT2D eigenvalue weighted by Gasteiger charge is -2.33. The minimum atomic E-state index is -1.19. The van der Waals surface area contributed by atoms with E-state index in [9.17, 15) is 19.1 Å². The highest BCUT2D eigenvalue weighted by atomic mass is 19.1. The molecule has 0 saturated heterocycles. The topological polar surface area (TPSA) is 84.9 Å². The first kappa shape index (κ1) is 22.3. The Labute approximate surface area is 180 Å². The summed E-state index contributed by atoms with van der Waals surface area (Å²) in [6.07, 6.45) is 6.36. The summed E-state index contributed by atoms with van der Waals surface area (Å²) in [5, 5.41) is 12.3. The Balaban J connectivity index is 1.64. The second-order valence-electron chi connectivity index (χ2n) is 7.60. The van der Waals surface area contributed by atoms with Crippen LogP contribution < -0.4 is 14.8 Å². The van der Waals surface area contributed by atoms with Gasteiger partial charge in [-0.3, -0.25) is 4.79 Å². The largest absolute Gasteiger partial charge is 0.493 e. The number of hydrogen-bond donors (Lipinski definition) is 2. The van der Waals surface area contributed by atoms with Gasteiger partial charge in [0.05, 0.1) is 7.11 Å². The molecule has 0 heterocycles. The van der Waals surface area contributed by atoms with Crippen LogP contribution >= 0.6 is 0 Å². The number of carbonyl (C=O) groups excluding carboxylic acids is 1. The van der Waals surface area contributed by atoms with Crippen LogP contribution in [0.25, 0.3) is 6.08 Å². The molecule has 0 radical (unpaired) electrons. The molecule has 0 bridgehead atoms. The molecular formula is C24H26FNO5. The first-order chi connectivity index (χ1) is 14.9. The number of ether oxygens (including phenoxy) is 2. The molecule has 0 aliphatic heterocycles. The number of methoxy groups -OCH3 is 1. The monoisotopic (exact) mass is 427 g/mol. The Morgan fingerprint density at radius 2 is 1.81 bits per heavy atom. The van der Waals surface area contributed by atoms with Gasteiger partial charge >= 0.3 is 5.97 Å². The number of carboxylic acid groups (broad SMARTS) is 1. The van der Waals surface area contributed by atoms with Gasteiger partial charge in [0.1, 0.15) is 18.0 Å². The van der Waals surface area contributed by atoms with Crippen LogP contribution in [0.3, 0.4) is 0 Å². The SMILES string of the molecule is COc1cc(/C=C/C(=O)NC2(C(=O)O)CCCCC2)ccc1OCc1ccc(F)cc1. The first-order valence-corrected chi connectivity index (χ1v) is 10.2. The van der Waals surface area contributed by atoms with Crippen molar-refractivity contribution in [3.8, 4) is 11.5 Å². The van der Waals surface area contributed by atoms with Crippen LogP contribution in [-0.2, 0) is 16.2 Å². The zero-order chi connectivity index (χ0) is 22.3. The Bertz CT molecular complexity index is 949. The average Bonchev–Trinajstić information content (AvgIpc) is 2.78. The second-order valence-corrected chi connectivity index (χ2v) is 7.60. The zero-order valence-electron chi connectivity index (χ0n) is 17.4. The summed E-state index contributed by atoms with van der Waals surface area (Å²) in [5.41, 5.74) is 0.336. The number of amides is 1. The minimum absolute atomic E-state index is 0.255.